The first-order valence-electron chi connectivity index (χ1n) is 5.81. The second-order valence-corrected chi connectivity index (χ2v) is 5.26. The molecule has 2 aromatic heterocycles. The molecule has 1 N–H and O–H groups in total. The van der Waals surface area contributed by atoms with Gasteiger partial charge in [-0.05, 0) is 42.5 Å². The fourth-order valence-corrected chi connectivity index (χ4v) is 2.85. The number of thiophene rings is 1. The summed E-state index contributed by atoms with van der Waals surface area (Å²) in [5, 5.41) is 11.6. The molecule has 3 aromatic rings. The molecule has 0 saturated carbocycles. The van der Waals surface area contributed by atoms with E-state index >= 15 is 0 Å². The van der Waals surface area contributed by atoms with Crippen molar-refractivity contribution in [1.82, 2.24) is 9.97 Å². The molecule has 1 aromatic carbocycles. The maximum atomic E-state index is 9.58. The van der Waals surface area contributed by atoms with Crippen LogP contribution in [-0.2, 0) is 0 Å². The quantitative estimate of drug-likeness (QED) is 0.770. The van der Waals surface area contributed by atoms with Gasteiger partial charge >= 0.3 is 0 Å². The van der Waals surface area contributed by atoms with Crippen LogP contribution in [0.1, 0.15) is 11.1 Å². The summed E-state index contributed by atoms with van der Waals surface area (Å²) in [6.07, 6.45) is 1.49. The Morgan fingerprint density at radius 1 is 1.16 bits per heavy atom. The van der Waals surface area contributed by atoms with Gasteiger partial charge in [-0.2, -0.15) is 0 Å². The van der Waals surface area contributed by atoms with E-state index in [1.807, 2.05) is 25.3 Å². The zero-order valence-electron chi connectivity index (χ0n) is 10.5. The Kier molecular flexibility index (Phi) is 2.83. The van der Waals surface area contributed by atoms with Crippen molar-refractivity contribution in [3.05, 3.63) is 41.0 Å². The maximum absolute atomic E-state index is 9.58. The summed E-state index contributed by atoms with van der Waals surface area (Å²) in [6.45, 7) is 3.91. The van der Waals surface area contributed by atoms with Crippen molar-refractivity contribution in [3.63, 3.8) is 0 Å². The van der Waals surface area contributed by atoms with Crippen LogP contribution in [0.3, 0.4) is 0 Å². The highest BCUT2D eigenvalue weighted by atomic mass is 32.1. The van der Waals surface area contributed by atoms with Crippen molar-refractivity contribution >= 4 is 21.6 Å². The van der Waals surface area contributed by atoms with Crippen LogP contribution in [0.4, 0.5) is 0 Å². The second kappa shape index (κ2) is 4.51. The number of hydrogen-bond donors (Lipinski definition) is 1. The van der Waals surface area contributed by atoms with Gasteiger partial charge in [0, 0.05) is 6.07 Å². The molecule has 19 heavy (non-hydrogen) atoms. The molecule has 0 aliphatic rings. The fourth-order valence-electron chi connectivity index (χ4n) is 1.92. The van der Waals surface area contributed by atoms with Gasteiger partial charge in [-0.3, -0.25) is 0 Å². The lowest BCUT2D eigenvalue weighted by Crippen LogP contribution is -1.90. The van der Waals surface area contributed by atoms with Crippen molar-refractivity contribution in [1.29, 1.82) is 0 Å². The van der Waals surface area contributed by atoms with Gasteiger partial charge in [-0.15, -0.1) is 11.3 Å². The third-order valence-electron chi connectivity index (χ3n) is 2.75. The van der Waals surface area contributed by atoms with E-state index in [4.69, 9.17) is 4.74 Å². The lowest BCUT2D eigenvalue weighted by atomic mass is 10.2. The van der Waals surface area contributed by atoms with Gasteiger partial charge in [0.1, 0.15) is 22.5 Å². The Labute approximate surface area is 114 Å². The van der Waals surface area contributed by atoms with E-state index in [1.165, 1.54) is 6.33 Å². The second-order valence-electron chi connectivity index (χ2n) is 4.38. The van der Waals surface area contributed by atoms with Gasteiger partial charge in [-0.1, -0.05) is 0 Å². The van der Waals surface area contributed by atoms with Crippen molar-refractivity contribution in [2.75, 3.05) is 0 Å². The first-order valence-corrected chi connectivity index (χ1v) is 6.69. The summed E-state index contributed by atoms with van der Waals surface area (Å²) in [5.41, 5.74) is 2.95. The van der Waals surface area contributed by atoms with Crippen molar-refractivity contribution in [2.24, 2.45) is 0 Å². The molecule has 5 heteroatoms. The number of phenolic OH excluding ortho intramolecular Hbond substituents is 1. The molecule has 0 aliphatic heterocycles. The van der Waals surface area contributed by atoms with Crippen LogP contribution in [0.25, 0.3) is 10.2 Å². The molecule has 0 saturated heterocycles. The number of rotatable bonds is 2. The highest BCUT2D eigenvalue weighted by Crippen LogP contribution is 2.33. The lowest BCUT2D eigenvalue weighted by Gasteiger charge is -2.06. The average molecular weight is 272 g/mol. The largest absolute Gasteiger partial charge is 0.508 e. The molecule has 0 spiro atoms. The molecule has 0 bridgehead atoms. The topological polar surface area (TPSA) is 55.2 Å². The molecular weight excluding hydrogens is 260 g/mol. The van der Waals surface area contributed by atoms with Gasteiger partial charge in [0.25, 0.3) is 0 Å². The monoisotopic (exact) mass is 272 g/mol. The highest BCUT2D eigenvalue weighted by Gasteiger charge is 2.10. The Morgan fingerprint density at radius 3 is 2.79 bits per heavy atom. The molecule has 4 nitrogen and oxygen atoms in total. The Bertz CT molecular complexity index is 732. The molecule has 0 fully saturated rings. The number of phenols is 1. The number of benzene rings is 1. The lowest BCUT2D eigenvalue weighted by molar-refractivity contribution is 0.448. The number of fused-ring (bicyclic) bond motifs is 1. The predicted octanol–water partition coefficient (Wildman–Crippen LogP) is 3.81. The van der Waals surface area contributed by atoms with Crippen LogP contribution in [-0.4, -0.2) is 15.1 Å². The van der Waals surface area contributed by atoms with Gasteiger partial charge < -0.3 is 9.84 Å². The van der Waals surface area contributed by atoms with Crippen molar-refractivity contribution in [3.8, 4) is 17.4 Å². The normalized spacial score (nSPS) is 10.8. The Balaban J connectivity index is 2.05. The molecule has 3 rings (SSSR count). The molecule has 0 amide bonds. The summed E-state index contributed by atoms with van der Waals surface area (Å²) in [6, 6.07) is 5.10. The molecule has 96 valence electrons. The fraction of sp³-hybridized carbons (Fsp3) is 0.143. The summed E-state index contributed by atoms with van der Waals surface area (Å²) in [7, 11) is 0. The third kappa shape index (κ3) is 2.24. The van der Waals surface area contributed by atoms with Crippen molar-refractivity contribution < 1.29 is 9.84 Å². The number of aromatic nitrogens is 2. The van der Waals surface area contributed by atoms with Gasteiger partial charge in [0.15, 0.2) is 0 Å². The SMILES string of the molecule is Cc1cc(O)cc(Oc2ncnc3c(C)csc23)c1. The number of ether oxygens (including phenoxy) is 1. The number of nitrogens with zero attached hydrogens (tertiary/aromatic N) is 2. The van der Waals surface area contributed by atoms with E-state index in [0.29, 0.717) is 11.6 Å². The smallest absolute Gasteiger partial charge is 0.240 e. The van der Waals surface area contributed by atoms with Crippen LogP contribution in [0.5, 0.6) is 17.4 Å². The van der Waals surface area contributed by atoms with E-state index in [9.17, 15) is 5.11 Å². The number of hydrogen-bond acceptors (Lipinski definition) is 5. The minimum absolute atomic E-state index is 0.183. The van der Waals surface area contributed by atoms with E-state index in [0.717, 1.165) is 21.3 Å². The van der Waals surface area contributed by atoms with Crippen LogP contribution in [0.15, 0.2) is 29.9 Å². The first-order chi connectivity index (χ1) is 9.13. The molecule has 0 radical (unpaired) electrons. The summed E-state index contributed by atoms with van der Waals surface area (Å²) in [4.78, 5) is 8.42. The minimum atomic E-state index is 0.183. The number of aromatic hydroxyl groups is 1. The van der Waals surface area contributed by atoms with E-state index in [1.54, 1.807) is 23.5 Å². The zero-order valence-corrected chi connectivity index (χ0v) is 11.4. The van der Waals surface area contributed by atoms with Gasteiger partial charge in [0.2, 0.25) is 5.88 Å². The molecular formula is C14H12N2O2S. The molecule has 0 unspecified atom stereocenters. The van der Waals surface area contributed by atoms with Crippen LogP contribution >= 0.6 is 11.3 Å². The Morgan fingerprint density at radius 2 is 2.00 bits per heavy atom. The molecule has 0 aliphatic carbocycles. The van der Waals surface area contributed by atoms with E-state index in [2.05, 4.69) is 9.97 Å². The predicted molar refractivity (Wildman–Crippen MR) is 75.1 cm³/mol. The molecule has 0 atom stereocenters. The van der Waals surface area contributed by atoms with Crippen LogP contribution in [0.2, 0.25) is 0 Å². The van der Waals surface area contributed by atoms with Gasteiger partial charge in [-0.25, -0.2) is 9.97 Å². The standard InChI is InChI=1S/C14H12N2O2S/c1-8-3-10(17)5-11(4-8)18-14-13-12(15-7-16-14)9(2)6-19-13/h3-7,17H,1-2H3. The maximum Gasteiger partial charge on any atom is 0.240 e. The number of aryl methyl sites for hydroxylation is 2. The Hall–Kier alpha value is -2.14. The van der Waals surface area contributed by atoms with Crippen LogP contribution < -0.4 is 4.74 Å². The third-order valence-corrected chi connectivity index (χ3v) is 3.82. The summed E-state index contributed by atoms with van der Waals surface area (Å²) >= 11 is 1.56. The first kappa shape index (κ1) is 11.9. The average Bonchev–Trinajstić information content (AvgIpc) is 2.71. The summed E-state index contributed by atoms with van der Waals surface area (Å²) in [5.74, 6) is 1.28. The van der Waals surface area contributed by atoms with E-state index < -0.39 is 0 Å². The zero-order chi connectivity index (χ0) is 13.4. The van der Waals surface area contributed by atoms with E-state index in [-0.39, 0.29) is 5.75 Å². The minimum Gasteiger partial charge on any atom is -0.508 e. The highest BCUT2D eigenvalue weighted by molar-refractivity contribution is 7.17. The summed E-state index contributed by atoms with van der Waals surface area (Å²) < 4.78 is 6.68. The molecule has 2 heterocycles. The van der Waals surface area contributed by atoms with Crippen molar-refractivity contribution in [2.45, 2.75) is 13.8 Å². The van der Waals surface area contributed by atoms with Gasteiger partial charge in [0.05, 0.1) is 5.52 Å². The van der Waals surface area contributed by atoms with Crippen LogP contribution in [0, 0.1) is 13.8 Å².